The highest BCUT2D eigenvalue weighted by Crippen LogP contribution is 2.28. The molecule has 28 heavy (non-hydrogen) atoms. The zero-order chi connectivity index (χ0) is 19.5. The number of hydrogen-bond donors (Lipinski definition) is 0. The van der Waals surface area contributed by atoms with Crippen molar-refractivity contribution in [3.63, 3.8) is 0 Å². The summed E-state index contributed by atoms with van der Waals surface area (Å²) in [4.78, 5) is 13.8. The largest absolute Gasteiger partial charge is 0.257 e. The van der Waals surface area contributed by atoms with Crippen LogP contribution in [0.3, 0.4) is 0 Å². The van der Waals surface area contributed by atoms with E-state index in [1.54, 1.807) is 0 Å². The van der Waals surface area contributed by atoms with E-state index in [1.165, 1.54) is 5.56 Å². The van der Waals surface area contributed by atoms with Gasteiger partial charge in [0.2, 0.25) is 0 Å². The fraction of sp³-hybridized carbons (Fsp3) is 0.160. The van der Waals surface area contributed by atoms with Crippen LogP contribution in [0, 0.1) is 6.92 Å². The highest BCUT2D eigenvalue weighted by Gasteiger charge is 2.08. The first-order valence-electron chi connectivity index (χ1n) is 9.56. The van der Waals surface area contributed by atoms with Crippen molar-refractivity contribution in [2.24, 2.45) is 0 Å². The quantitative estimate of drug-likeness (QED) is 0.426. The van der Waals surface area contributed by atoms with Gasteiger partial charge in [-0.15, -0.1) is 0 Å². The molecule has 0 amide bonds. The van der Waals surface area contributed by atoms with E-state index in [0.717, 1.165) is 39.3 Å². The monoisotopic (exact) mass is 365 g/mol. The maximum absolute atomic E-state index is 4.71. The van der Waals surface area contributed by atoms with Gasteiger partial charge in [-0.1, -0.05) is 68.4 Å². The van der Waals surface area contributed by atoms with Gasteiger partial charge < -0.3 is 0 Å². The molecule has 0 bridgehead atoms. The Kier molecular flexibility index (Phi) is 4.98. The highest BCUT2D eigenvalue weighted by atomic mass is 14.8. The van der Waals surface area contributed by atoms with Crippen molar-refractivity contribution < 1.29 is 0 Å². The molecular weight excluding hydrogens is 342 g/mol. The Morgan fingerprint density at radius 1 is 0.643 bits per heavy atom. The lowest BCUT2D eigenvalue weighted by Crippen LogP contribution is -1.95. The van der Waals surface area contributed by atoms with E-state index in [2.05, 4.69) is 73.2 Å². The van der Waals surface area contributed by atoms with Crippen LogP contribution in [0.2, 0.25) is 0 Å². The molecule has 0 spiro atoms. The van der Waals surface area contributed by atoms with E-state index < -0.39 is 0 Å². The van der Waals surface area contributed by atoms with Gasteiger partial charge in [-0.3, -0.25) is 15.0 Å². The summed E-state index contributed by atoms with van der Waals surface area (Å²) in [7, 11) is 0. The predicted molar refractivity (Wildman–Crippen MR) is 115 cm³/mol. The maximum Gasteiger partial charge on any atom is 0.0885 e. The van der Waals surface area contributed by atoms with Gasteiger partial charge in [0.05, 0.1) is 23.3 Å². The molecule has 3 nitrogen and oxygen atoms in total. The van der Waals surface area contributed by atoms with Gasteiger partial charge in [-0.2, -0.15) is 0 Å². The van der Waals surface area contributed by atoms with Gasteiger partial charge in [-0.25, -0.2) is 0 Å². The Morgan fingerprint density at radius 2 is 1.36 bits per heavy atom. The fourth-order valence-corrected chi connectivity index (χ4v) is 3.25. The Labute approximate surface area is 166 Å². The molecule has 4 aromatic rings. The summed E-state index contributed by atoms with van der Waals surface area (Å²) in [5, 5.41) is 0. The first-order chi connectivity index (χ1) is 13.6. The second-order valence-electron chi connectivity index (χ2n) is 7.31. The third kappa shape index (κ3) is 3.70. The minimum Gasteiger partial charge on any atom is -0.257 e. The van der Waals surface area contributed by atoms with Crippen LogP contribution in [-0.2, 0) is 0 Å². The van der Waals surface area contributed by atoms with Crippen molar-refractivity contribution in [1.29, 1.82) is 0 Å². The molecule has 3 heteroatoms. The lowest BCUT2D eigenvalue weighted by molar-refractivity contribution is 0.813. The van der Waals surface area contributed by atoms with Crippen LogP contribution in [0.1, 0.15) is 31.0 Å². The van der Waals surface area contributed by atoms with Crippen LogP contribution in [0.15, 0.2) is 79.3 Å². The molecule has 0 aliphatic carbocycles. The number of aromatic nitrogens is 3. The SMILES string of the molecule is Cc1cc(-c2ccc(-c3cnc(C(C)C)cn3)cc2)cnc1-c1ccccc1. The van der Waals surface area contributed by atoms with Crippen molar-refractivity contribution in [2.45, 2.75) is 26.7 Å². The summed E-state index contributed by atoms with van der Waals surface area (Å²) < 4.78 is 0. The molecule has 0 radical (unpaired) electrons. The third-order valence-electron chi connectivity index (χ3n) is 4.90. The second kappa shape index (κ2) is 7.73. The van der Waals surface area contributed by atoms with E-state index in [1.807, 2.05) is 36.8 Å². The fourth-order valence-electron chi connectivity index (χ4n) is 3.25. The Morgan fingerprint density at radius 3 is 1.96 bits per heavy atom. The van der Waals surface area contributed by atoms with Gasteiger partial charge in [0, 0.05) is 29.1 Å². The molecule has 0 aliphatic heterocycles. The molecule has 0 saturated carbocycles. The molecule has 0 atom stereocenters. The lowest BCUT2D eigenvalue weighted by Gasteiger charge is -2.09. The van der Waals surface area contributed by atoms with Crippen LogP contribution < -0.4 is 0 Å². The molecule has 0 unspecified atom stereocenters. The average molecular weight is 365 g/mol. The molecule has 0 saturated heterocycles. The van der Waals surface area contributed by atoms with Crippen LogP contribution in [0.25, 0.3) is 33.6 Å². The minimum absolute atomic E-state index is 0.388. The topological polar surface area (TPSA) is 38.7 Å². The Balaban J connectivity index is 1.59. The van der Waals surface area contributed by atoms with E-state index in [4.69, 9.17) is 4.98 Å². The van der Waals surface area contributed by atoms with Gasteiger partial charge >= 0.3 is 0 Å². The lowest BCUT2D eigenvalue weighted by atomic mass is 10.0. The number of aryl methyl sites for hydroxylation is 1. The second-order valence-corrected chi connectivity index (χ2v) is 7.31. The van der Waals surface area contributed by atoms with Crippen molar-refractivity contribution in [2.75, 3.05) is 0 Å². The summed E-state index contributed by atoms with van der Waals surface area (Å²) in [6, 6.07) is 20.9. The summed E-state index contributed by atoms with van der Waals surface area (Å²) >= 11 is 0. The Bertz CT molecular complexity index is 1070. The Hall–Kier alpha value is -3.33. The van der Waals surface area contributed by atoms with Crippen molar-refractivity contribution in [3.05, 3.63) is 90.5 Å². The summed E-state index contributed by atoms with van der Waals surface area (Å²) in [6.07, 6.45) is 5.66. The molecule has 2 heterocycles. The standard InChI is InChI=1S/C25H23N3/c1-17(2)23-15-27-24(16-26-23)20-11-9-19(10-12-20)22-13-18(3)25(28-14-22)21-7-5-4-6-8-21/h4-17H,1-3H3. The molecule has 0 fully saturated rings. The van der Waals surface area contributed by atoms with Crippen LogP contribution >= 0.6 is 0 Å². The van der Waals surface area contributed by atoms with Crippen molar-refractivity contribution in [3.8, 4) is 33.6 Å². The number of pyridine rings is 1. The van der Waals surface area contributed by atoms with Crippen molar-refractivity contribution in [1.82, 2.24) is 15.0 Å². The number of hydrogen-bond acceptors (Lipinski definition) is 3. The van der Waals surface area contributed by atoms with Crippen LogP contribution in [0.5, 0.6) is 0 Å². The van der Waals surface area contributed by atoms with Gasteiger partial charge in [0.25, 0.3) is 0 Å². The van der Waals surface area contributed by atoms with E-state index in [-0.39, 0.29) is 0 Å². The van der Waals surface area contributed by atoms with E-state index >= 15 is 0 Å². The number of rotatable bonds is 4. The normalized spacial score (nSPS) is 11.0. The summed E-state index contributed by atoms with van der Waals surface area (Å²) in [6.45, 7) is 6.36. The summed E-state index contributed by atoms with van der Waals surface area (Å²) in [5.74, 6) is 0.388. The van der Waals surface area contributed by atoms with Crippen molar-refractivity contribution >= 4 is 0 Å². The third-order valence-corrected chi connectivity index (χ3v) is 4.90. The molecule has 138 valence electrons. The summed E-state index contributed by atoms with van der Waals surface area (Å²) in [5.41, 5.74) is 8.58. The van der Waals surface area contributed by atoms with Gasteiger partial charge in [-0.05, 0) is 30.0 Å². The molecule has 0 aliphatic rings. The van der Waals surface area contributed by atoms with E-state index in [0.29, 0.717) is 5.92 Å². The number of benzene rings is 2. The molecule has 2 aromatic carbocycles. The first-order valence-corrected chi connectivity index (χ1v) is 9.56. The van der Waals surface area contributed by atoms with Crippen LogP contribution in [-0.4, -0.2) is 15.0 Å². The molecule has 0 N–H and O–H groups in total. The molecule has 2 aromatic heterocycles. The zero-order valence-electron chi connectivity index (χ0n) is 16.4. The highest BCUT2D eigenvalue weighted by molar-refractivity contribution is 5.71. The zero-order valence-corrected chi connectivity index (χ0v) is 16.4. The molecular formula is C25H23N3. The van der Waals surface area contributed by atoms with Gasteiger partial charge in [0.1, 0.15) is 0 Å². The average Bonchev–Trinajstić information content (AvgIpc) is 2.74. The smallest absolute Gasteiger partial charge is 0.0885 e. The number of nitrogens with zero attached hydrogens (tertiary/aromatic N) is 3. The van der Waals surface area contributed by atoms with Crippen LogP contribution in [0.4, 0.5) is 0 Å². The molecule has 4 rings (SSSR count). The maximum atomic E-state index is 4.71. The minimum atomic E-state index is 0.388. The van der Waals surface area contributed by atoms with E-state index in [9.17, 15) is 0 Å². The first kappa shape index (κ1) is 18.1. The van der Waals surface area contributed by atoms with Gasteiger partial charge in [0.15, 0.2) is 0 Å². The predicted octanol–water partition coefficient (Wildman–Crippen LogP) is 6.30.